The molecule has 118 valence electrons. The van der Waals surface area contributed by atoms with Crippen LogP contribution in [0.4, 0.5) is 4.79 Å². The van der Waals surface area contributed by atoms with Crippen LogP contribution in [-0.2, 0) is 9.47 Å². The van der Waals surface area contributed by atoms with Crippen LogP contribution in [0.15, 0.2) is 0 Å². The van der Waals surface area contributed by atoms with Gasteiger partial charge in [0.25, 0.3) is 0 Å². The van der Waals surface area contributed by atoms with Crippen molar-refractivity contribution in [3.63, 3.8) is 0 Å². The van der Waals surface area contributed by atoms with Gasteiger partial charge >= 0.3 is 6.09 Å². The molecule has 0 spiro atoms. The van der Waals surface area contributed by atoms with Gasteiger partial charge in [0.1, 0.15) is 6.23 Å². The quantitative estimate of drug-likeness (QED) is 0.592. The molecule has 1 saturated heterocycles. The Labute approximate surface area is 123 Å². The molecule has 1 amide bonds. The van der Waals surface area contributed by atoms with Gasteiger partial charge in [-0.2, -0.15) is 0 Å². The van der Waals surface area contributed by atoms with Crippen LogP contribution in [0.1, 0.15) is 71.1 Å². The number of hydrogen-bond donors (Lipinski definition) is 0. The lowest BCUT2D eigenvalue weighted by Gasteiger charge is -2.28. The fourth-order valence-corrected chi connectivity index (χ4v) is 3.07. The average Bonchev–Trinajstić information content (AvgIpc) is 2.88. The molecule has 20 heavy (non-hydrogen) atoms. The van der Waals surface area contributed by atoms with Crippen molar-refractivity contribution in [2.24, 2.45) is 0 Å². The lowest BCUT2D eigenvalue weighted by Crippen LogP contribution is -2.42. The second-order valence-electron chi connectivity index (χ2n) is 5.71. The smallest absolute Gasteiger partial charge is 0.411 e. The van der Waals surface area contributed by atoms with Crippen LogP contribution in [0.2, 0.25) is 0 Å². The van der Waals surface area contributed by atoms with Gasteiger partial charge in [-0.3, -0.25) is 4.90 Å². The molecule has 2 atom stereocenters. The predicted molar refractivity (Wildman–Crippen MR) is 80.7 cm³/mol. The summed E-state index contributed by atoms with van der Waals surface area (Å²) in [5, 5.41) is 0. The van der Waals surface area contributed by atoms with Crippen molar-refractivity contribution in [3.8, 4) is 0 Å². The molecular formula is C16H31NO3. The Hall–Kier alpha value is -0.770. The van der Waals surface area contributed by atoms with Crippen molar-refractivity contribution in [3.05, 3.63) is 0 Å². The van der Waals surface area contributed by atoms with Gasteiger partial charge in [0.15, 0.2) is 0 Å². The maximum atomic E-state index is 11.8. The first-order chi connectivity index (χ1) is 9.74. The zero-order chi connectivity index (χ0) is 14.8. The number of carbonyl (C=O) groups excluding carboxylic acids is 1. The zero-order valence-electron chi connectivity index (χ0n) is 13.4. The van der Waals surface area contributed by atoms with Crippen LogP contribution >= 0.6 is 0 Å². The zero-order valence-corrected chi connectivity index (χ0v) is 13.4. The van der Waals surface area contributed by atoms with Gasteiger partial charge in [-0.1, -0.05) is 51.9 Å². The van der Waals surface area contributed by atoms with E-state index in [9.17, 15) is 4.79 Å². The summed E-state index contributed by atoms with van der Waals surface area (Å²) in [7, 11) is 3.11. The highest BCUT2D eigenvalue weighted by atomic mass is 16.6. The van der Waals surface area contributed by atoms with E-state index < -0.39 is 0 Å². The molecule has 0 aromatic rings. The van der Waals surface area contributed by atoms with Gasteiger partial charge in [-0.15, -0.1) is 0 Å². The first kappa shape index (κ1) is 17.3. The Balaban J connectivity index is 2.23. The van der Waals surface area contributed by atoms with Crippen molar-refractivity contribution in [2.75, 3.05) is 14.2 Å². The minimum atomic E-state index is -0.248. The normalized spacial score (nSPS) is 22.2. The van der Waals surface area contributed by atoms with Crippen molar-refractivity contribution in [1.29, 1.82) is 0 Å². The number of unbranched alkanes of at least 4 members (excludes halogenated alkanes) is 6. The Morgan fingerprint density at radius 1 is 1.05 bits per heavy atom. The molecule has 4 nitrogen and oxygen atoms in total. The molecule has 1 unspecified atom stereocenters. The molecule has 1 rings (SSSR count). The third kappa shape index (κ3) is 5.31. The van der Waals surface area contributed by atoms with E-state index >= 15 is 0 Å². The van der Waals surface area contributed by atoms with E-state index in [-0.39, 0.29) is 12.3 Å². The topological polar surface area (TPSA) is 38.8 Å². The maximum absolute atomic E-state index is 11.8. The second-order valence-corrected chi connectivity index (χ2v) is 5.71. The third-order valence-electron chi connectivity index (χ3n) is 4.25. The van der Waals surface area contributed by atoms with Gasteiger partial charge in [0.05, 0.1) is 7.11 Å². The molecule has 0 saturated carbocycles. The molecule has 0 bridgehead atoms. The number of methoxy groups -OCH3 is 2. The lowest BCUT2D eigenvalue weighted by atomic mass is 10.0. The van der Waals surface area contributed by atoms with Crippen LogP contribution in [0.3, 0.4) is 0 Å². The number of ether oxygens (including phenoxy) is 2. The molecule has 1 aliphatic rings. The second kappa shape index (κ2) is 10.0. The summed E-state index contributed by atoms with van der Waals surface area (Å²) >= 11 is 0. The summed E-state index contributed by atoms with van der Waals surface area (Å²) in [6.07, 6.45) is 11.8. The van der Waals surface area contributed by atoms with E-state index in [2.05, 4.69) is 6.92 Å². The Morgan fingerprint density at radius 3 is 2.30 bits per heavy atom. The SMILES string of the molecule is CCCCCCCCC[C@@H]1CCC(OC)N1C(=O)OC. The van der Waals surface area contributed by atoms with Crippen molar-refractivity contribution >= 4 is 6.09 Å². The number of amides is 1. The Bertz CT molecular complexity index is 270. The minimum absolute atomic E-state index is 0.1000. The summed E-state index contributed by atoms with van der Waals surface area (Å²) in [4.78, 5) is 13.6. The Kier molecular flexibility index (Phi) is 8.67. The number of carbonyl (C=O) groups is 1. The fourth-order valence-electron chi connectivity index (χ4n) is 3.07. The van der Waals surface area contributed by atoms with E-state index in [0.29, 0.717) is 6.04 Å². The lowest BCUT2D eigenvalue weighted by molar-refractivity contribution is -0.0151. The standard InChI is InChI=1S/C16H31NO3/c1-4-5-6-7-8-9-10-11-14-12-13-15(19-2)17(14)16(18)20-3/h14-15H,4-13H2,1-3H3/t14-,15?/m1/s1. The van der Waals surface area contributed by atoms with Crippen LogP contribution in [-0.4, -0.2) is 37.5 Å². The van der Waals surface area contributed by atoms with Crippen LogP contribution < -0.4 is 0 Å². The van der Waals surface area contributed by atoms with E-state index in [4.69, 9.17) is 9.47 Å². The minimum Gasteiger partial charge on any atom is -0.453 e. The summed E-state index contributed by atoms with van der Waals surface area (Å²) < 4.78 is 10.2. The molecule has 0 aromatic carbocycles. The number of likely N-dealkylation sites (tertiary alicyclic amines) is 1. The first-order valence-electron chi connectivity index (χ1n) is 8.13. The highest BCUT2D eigenvalue weighted by Gasteiger charge is 2.37. The van der Waals surface area contributed by atoms with Crippen LogP contribution in [0.25, 0.3) is 0 Å². The summed E-state index contributed by atoms with van der Waals surface area (Å²) in [6.45, 7) is 2.24. The number of hydrogen-bond acceptors (Lipinski definition) is 3. The van der Waals surface area contributed by atoms with Gasteiger partial charge in [-0.05, 0) is 19.3 Å². The highest BCUT2D eigenvalue weighted by Crippen LogP contribution is 2.29. The van der Waals surface area contributed by atoms with Crippen molar-refractivity contribution in [2.45, 2.75) is 83.4 Å². The molecular weight excluding hydrogens is 254 g/mol. The van der Waals surface area contributed by atoms with E-state index in [1.807, 2.05) is 0 Å². The van der Waals surface area contributed by atoms with Gasteiger partial charge in [0, 0.05) is 13.2 Å². The third-order valence-corrected chi connectivity index (χ3v) is 4.25. The molecule has 1 aliphatic heterocycles. The van der Waals surface area contributed by atoms with Crippen molar-refractivity contribution < 1.29 is 14.3 Å². The average molecular weight is 285 g/mol. The van der Waals surface area contributed by atoms with Gasteiger partial charge in [0.2, 0.25) is 0 Å². The van der Waals surface area contributed by atoms with Crippen molar-refractivity contribution in [1.82, 2.24) is 4.90 Å². The fraction of sp³-hybridized carbons (Fsp3) is 0.938. The summed E-state index contributed by atoms with van der Waals surface area (Å²) in [5.41, 5.74) is 0. The summed E-state index contributed by atoms with van der Waals surface area (Å²) in [6, 6.07) is 0.294. The highest BCUT2D eigenvalue weighted by molar-refractivity contribution is 5.68. The molecule has 0 radical (unpaired) electrons. The number of nitrogens with zero attached hydrogens (tertiary/aromatic N) is 1. The van der Waals surface area contributed by atoms with E-state index in [1.54, 1.807) is 12.0 Å². The first-order valence-corrected chi connectivity index (χ1v) is 8.13. The van der Waals surface area contributed by atoms with Crippen LogP contribution in [0, 0.1) is 0 Å². The van der Waals surface area contributed by atoms with Crippen LogP contribution in [0.5, 0.6) is 0 Å². The molecule has 4 heteroatoms. The predicted octanol–water partition coefficient (Wildman–Crippen LogP) is 4.33. The molecule has 0 aliphatic carbocycles. The summed E-state index contributed by atoms with van der Waals surface area (Å²) in [5.74, 6) is 0. The van der Waals surface area contributed by atoms with E-state index in [0.717, 1.165) is 19.3 Å². The Morgan fingerprint density at radius 2 is 1.70 bits per heavy atom. The monoisotopic (exact) mass is 285 g/mol. The molecule has 0 aromatic heterocycles. The maximum Gasteiger partial charge on any atom is 0.411 e. The van der Waals surface area contributed by atoms with E-state index in [1.165, 1.54) is 52.1 Å². The molecule has 1 fully saturated rings. The van der Waals surface area contributed by atoms with Gasteiger partial charge in [-0.25, -0.2) is 4.79 Å². The molecule has 1 heterocycles. The number of rotatable bonds is 9. The largest absolute Gasteiger partial charge is 0.453 e. The molecule has 0 N–H and O–H groups in total. The van der Waals surface area contributed by atoms with Gasteiger partial charge < -0.3 is 9.47 Å².